The van der Waals surface area contributed by atoms with E-state index in [9.17, 15) is 4.79 Å². The van der Waals surface area contributed by atoms with Crippen molar-refractivity contribution in [3.8, 4) is 22.8 Å². The number of hydrogen-bond acceptors (Lipinski definition) is 7. The first kappa shape index (κ1) is 18.1. The van der Waals surface area contributed by atoms with Gasteiger partial charge in [-0.05, 0) is 24.6 Å². The number of benzene rings is 2. The van der Waals surface area contributed by atoms with Crippen molar-refractivity contribution in [2.24, 2.45) is 0 Å². The van der Waals surface area contributed by atoms with Crippen molar-refractivity contribution in [1.29, 1.82) is 0 Å². The van der Waals surface area contributed by atoms with E-state index in [1.54, 1.807) is 14.2 Å². The standard InChI is InChI=1S/C20H18N4O3S/c1-12-4-7-14(8-5-12)18-19(25)24-20(22-21-18)28-17(23-24)11-13-6-9-15(26-2)16(10-13)27-3/h4-10H,11H2,1-3H3. The first-order valence-electron chi connectivity index (χ1n) is 8.62. The highest BCUT2D eigenvalue weighted by Gasteiger charge is 2.14. The van der Waals surface area contributed by atoms with E-state index in [2.05, 4.69) is 15.3 Å². The average Bonchev–Trinajstić information content (AvgIpc) is 3.12. The molecule has 2 aromatic heterocycles. The Bertz CT molecular complexity index is 1200. The molecule has 7 nitrogen and oxygen atoms in total. The van der Waals surface area contributed by atoms with Crippen LogP contribution in [0.1, 0.15) is 16.1 Å². The molecule has 8 heteroatoms. The Labute approximate surface area is 165 Å². The highest BCUT2D eigenvalue weighted by Crippen LogP contribution is 2.29. The van der Waals surface area contributed by atoms with Gasteiger partial charge in [0.25, 0.3) is 0 Å². The van der Waals surface area contributed by atoms with Crippen LogP contribution >= 0.6 is 11.3 Å². The summed E-state index contributed by atoms with van der Waals surface area (Å²) < 4.78 is 11.9. The van der Waals surface area contributed by atoms with Crippen molar-refractivity contribution in [2.75, 3.05) is 14.2 Å². The first-order valence-corrected chi connectivity index (χ1v) is 9.44. The van der Waals surface area contributed by atoms with E-state index < -0.39 is 0 Å². The number of methoxy groups -OCH3 is 2. The predicted octanol–water partition coefficient (Wildman–Crippen LogP) is 3.13. The molecule has 2 heterocycles. The SMILES string of the molecule is COc1ccc(Cc2nn3c(=O)c(-c4ccc(C)cc4)nnc3s2)cc1OC. The Morgan fingerprint density at radius 1 is 1.00 bits per heavy atom. The molecule has 0 bridgehead atoms. The Kier molecular flexibility index (Phi) is 4.79. The van der Waals surface area contributed by atoms with Crippen LogP contribution in [0.25, 0.3) is 16.2 Å². The first-order chi connectivity index (χ1) is 13.6. The molecular weight excluding hydrogens is 376 g/mol. The van der Waals surface area contributed by atoms with Gasteiger partial charge in [-0.25, -0.2) is 0 Å². The van der Waals surface area contributed by atoms with Gasteiger partial charge in [0.15, 0.2) is 17.2 Å². The van der Waals surface area contributed by atoms with Crippen LogP contribution in [0.4, 0.5) is 0 Å². The summed E-state index contributed by atoms with van der Waals surface area (Å²) in [6.45, 7) is 1.99. The van der Waals surface area contributed by atoms with Crippen molar-refractivity contribution in [3.05, 3.63) is 69.0 Å². The molecule has 0 radical (unpaired) electrons. The fraction of sp³-hybridized carbons (Fsp3) is 0.200. The normalized spacial score (nSPS) is 11.0. The van der Waals surface area contributed by atoms with Crippen LogP contribution in [0.5, 0.6) is 11.5 Å². The van der Waals surface area contributed by atoms with Crippen LogP contribution in [0.2, 0.25) is 0 Å². The monoisotopic (exact) mass is 394 g/mol. The second-order valence-corrected chi connectivity index (χ2v) is 7.32. The summed E-state index contributed by atoms with van der Waals surface area (Å²) in [6, 6.07) is 13.3. The Hall–Kier alpha value is -3.26. The molecule has 0 spiro atoms. The second-order valence-electron chi connectivity index (χ2n) is 6.28. The topological polar surface area (TPSA) is 78.6 Å². The van der Waals surface area contributed by atoms with E-state index in [0.717, 1.165) is 21.7 Å². The number of fused-ring (bicyclic) bond motifs is 1. The maximum absolute atomic E-state index is 12.8. The fourth-order valence-corrected chi connectivity index (χ4v) is 3.75. The van der Waals surface area contributed by atoms with Crippen LogP contribution in [0.3, 0.4) is 0 Å². The lowest BCUT2D eigenvalue weighted by Gasteiger charge is -2.08. The molecule has 142 valence electrons. The third-order valence-electron chi connectivity index (χ3n) is 4.36. The molecule has 0 fully saturated rings. The molecule has 0 atom stereocenters. The molecule has 4 rings (SSSR count). The minimum atomic E-state index is -0.274. The largest absolute Gasteiger partial charge is 0.493 e. The van der Waals surface area contributed by atoms with Gasteiger partial charge in [-0.2, -0.15) is 9.61 Å². The molecule has 0 N–H and O–H groups in total. The molecule has 0 saturated carbocycles. The maximum atomic E-state index is 12.8. The van der Waals surface area contributed by atoms with Crippen molar-refractivity contribution in [3.63, 3.8) is 0 Å². The molecule has 2 aromatic carbocycles. The van der Waals surface area contributed by atoms with E-state index in [0.29, 0.717) is 28.6 Å². The van der Waals surface area contributed by atoms with Crippen molar-refractivity contribution < 1.29 is 9.47 Å². The molecule has 0 aliphatic rings. The van der Waals surface area contributed by atoms with E-state index >= 15 is 0 Å². The van der Waals surface area contributed by atoms with Crippen LogP contribution in [-0.2, 0) is 6.42 Å². The van der Waals surface area contributed by atoms with E-state index in [1.807, 2.05) is 49.4 Å². The molecule has 0 aliphatic heterocycles. The number of hydrogen-bond donors (Lipinski definition) is 0. The van der Waals surface area contributed by atoms with Gasteiger partial charge in [0.1, 0.15) is 5.01 Å². The smallest absolute Gasteiger partial charge is 0.302 e. The third-order valence-corrected chi connectivity index (χ3v) is 5.26. The summed E-state index contributed by atoms with van der Waals surface area (Å²) >= 11 is 1.34. The molecule has 0 amide bonds. The number of aromatic nitrogens is 4. The Balaban J connectivity index is 1.69. The molecule has 28 heavy (non-hydrogen) atoms. The zero-order valence-electron chi connectivity index (χ0n) is 15.7. The summed E-state index contributed by atoms with van der Waals surface area (Å²) in [5, 5.41) is 13.5. The highest BCUT2D eigenvalue weighted by molar-refractivity contribution is 7.16. The fourth-order valence-electron chi connectivity index (χ4n) is 2.88. The quantitative estimate of drug-likeness (QED) is 0.517. The summed E-state index contributed by atoms with van der Waals surface area (Å²) in [7, 11) is 3.20. The zero-order chi connectivity index (χ0) is 19.7. The number of rotatable bonds is 5. The lowest BCUT2D eigenvalue weighted by Crippen LogP contribution is -2.19. The van der Waals surface area contributed by atoms with E-state index in [1.165, 1.54) is 15.9 Å². The van der Waals surface area contributed by atoms with E-state index in [4.69, 9.17) is 9.47 Å². The van der Waals surface area contributed by atoms with Crippen molar-refractivity contribution in [2.45, 2.75) is 13.3 Å². The molecule has 4 aromatic rings. The third kappa shape index (κ3) is 3.34. The van der Waals surface area contributed by atoms with Crippen LogP contribution in [0.15, 0.2) is 47.3 Å². The van der Waals surface area contributed by atoms with Gasteiger partial charge in [-0.15, -0.1) is 10.2 Å². The number of ether oxygens (including phenoxy) is 2. The average molecular weight is 394 g/mol. The van der Waals surface area contributed by atoms with Gasteiger partial charge >= 0.3 is 5.56 Å². The van der Waals surface area contributed by atoms with Gasteiger partial charge in [-0.1, -0.05) is 47.2 Å². The maximum Gasteiger partial charge on any atom is 0.302 e. The van der Waals surface area contributed by atoms with Gasteiger partial charge in [-0.3, -0.25) is 4.79 Å². The lowest BCUT2D eigenvalue weighted by atomic mass is 10.1. The highest BCUT2D eigenvalue weighted by atomic mass is 32.1. The molecule has 0 aliphatic carbocycles. The van der Waals surface area contributed by atoms with Crippen LogP contribution in [0, 0.1) is 6.92 Å². The Morgan fingerprint density at radius 2 is 1.75 bits per heavy atom. The lowest BCUT2D eigenvalue weighted by molar-refractivity contribution is 0.354. The number of nitrogens with zero attached hydrogens (tertiary/aromatic N) is 4. The van der Waals surface area contributed by atoms with Gasteiger partial charge in [0.2, 0.25) is 4.96 Å². The summed E-state index contributed by atoms with van der Waals surface area (Å²) in [6.07, 6.45) is 0.549. The summed E-state index contributed by atoms with van der Waals surface area (Å²) in [4.78, 5) is 13.3. The van der Waals surface area contributed by atoms with Crippen LogP contribution < -0.4 is 15.0 Å². The minimum absolute atomic E-state index is 0.274. The van der Waals surface area contributed by atoms with Gasteiger partial charge < -0.3 is 9.47 Å². The number of aryl methyl sites for hydroxylation is 1. The summed E-state index contributed by atoms with van der Waals surface area (Å²) in [5.41, 5.74) is 2.86. The molecule has 0 saturated heterocycles. The minimum Gasteiger partial charge on any atom is -0.493 e. The van der Waals surface area contributed by atoms with Crippen molar-refractivity contribution in [1.82, 2.24) is 19.8 Å². The van der Waals surface area contributed by atoms with E-state index in [-0.39, 0.29) is 5.56 Å². The molecule has 0 unspecified atom stereocenters. The van der Waals surface area contributed by atoms with Crippen LogP contribution in [-0.4, -0.2) is 34.0 Å². The molecular formula is C20H18N4O3S. The van der Waals surface area contributed by atoms with Gasteiger partial charge in [0, 0.05) is 12.0 Å². The Morgan fingerprint density at radius 3 is 2.46 bits per heavy atom. The second kappa shape index (κ2) is 7.40. The predicted molar refractivity (Wildman–Crippen MR) is 107 cm³/mol. The van der Waals surface area contributed by atoms with Gasteiger partial charge in [0.05, 0.1) is 14.2 Å². The summed E-state index contributed by atoms with van der Waals surface area (Å²) in [5.74, 6) is 1.32. The zero-order valence-corrected chi connectivity index (χ0v) is 16.5. The van der Waals surface area contributed by atoms with Crippen molar-refractivity contribution >= 4 is 16.3 Å².